The number of nitrogens with zero attached hydrogens (tertiary/aromatic N) is 1. The lowest BCUT2D eigenvalue weighted by Gasteiger charge is -2.14. The van der Waals surface area contributed by atoms with Gasteiger partial charge >= 0.3 is 0 Å². The van der Waals surface area contributed by atoms with E-state index in [0.717, 1.165) is 11.8 Å². The van der Waals surface area contributed by atoms with E-state index in [1.165, 1.54) is 0 Å². The number of carbonyl (C=O) groups is 2. The molecule has 21 heavy (non-hydrogen) atoms. The SMILES string of the molecule is Cc1cc(NC(=O)CSCC(=O)NCC(F)(F)CN)no1. The average molecular weight is 322 g/mol. The van der Waals surface area contributed by atoms with Crippen molar-refractivity contribution >= 4 is 29.4 Å². The van der Waals surface area contributed by atoms with E-state index < -0.39 is 24.9 Å². The van der Waals surface area contributed by atoms with Gasteiger partial charge in [-0.05, 0) is 6.92 Å². The fourth-order valence-electron chi connectivity index (χ4n) is 1.19. The normalized spacial score (nSPS) is 11.2. The van der Waals surface area contributed by atoms with E-state index in [-0.39, 0.29) is 23.2 Å². The molecule has 1 aromatic heterocycles. The second-order valence-corrected chi connectivity index (χ2v) is 5.19. The third kappa shape index (κ3) is 7.04. The summed E-state index contributed by atoms with van der Waals surface area (Å²) in [7, 11) is 0. The van der Waals surface area contributed by atoms with E-state index in [4.69, 9.17) is 10.3 Å². The lowest BCUT2D eigenvalue weighted by atomic mass is 10.3. The summed E-state index contributed by atoms with van der Waals surface area (Å²) in [6.45, 7) is 0.0338. The monoisotopic (exact) mass is 322 g/mol. The Kier molecular flexibility index (Phi) is 6.56. The van der Waals surface area contributed by atoms with Crippen LogP contribution in [0, 0.1) is 6.92 Å². The zero-order valence-corrected chi connectivity index (χ0v) is 12.1. The minimum absolute atomic E-state index is 0.00733. The molecule has 0 atom stereocenters. The second kappa shape index (κ2) is 7.93. The van der Waals surface area contributed by atoms with Crippen molar-refractivity contribution < 1.29 is 22.9 Å². The summed E-state index contributed by atoms with van der Waals surface area (Å²) in [5, 5.41) is 8.09. The van der Waals surface area contributed by atoms with Crippen molar-refractivity contribution in [3.8, 4) is 0 Å². The summed E-state index contributed by atoms with van der Waals surface area (Å²) < 4.78 is 30.3. The molecule has 0 radical (unpaired) electrons. The van der Waals surface area contributed by atoms with Crippen LogP contribution in [0.5, 0.6) is 0 Å². The number of nitrogens with two attached hydrogens (primary N) is 1. The molecule has 0 aromatic carbocycles. The van der Waals surface area contributed by atoms with Crippen LogP contribution >= 0.6 is 11.8 Å². The third-order valence-corrected chi connectivity index (χ3v) is 3.14. The van der Waals surface area contributed by atoms with Gasteiger partial charge in [0.2, 0.25) is 11.8 Å². The summed E-state index contributed by atoms with van der Waals surface area (Å²) in [5.41, 5.74) is 4.83. The van der Waals surface area contributed by atoms with Gasteiger partial charge < -0.3 is 20.9 Å². The van der Waals surface area contributed by atoms with Gasteiger partial charge in [-0.2, -0.15) is 0 Å². The predicted octanol–water partition coefficient (Wildman–Crippen LogP) is 0.365. The van der Waals surface area contributed by atoms with Crippen LogP contribution in [-0.4, -0.2) is 47.5 Å². The molecule has 2 amide bonds. The number of aryl methyl sites for hydroxylation is 1. The maximum Gasteiger partial charge on any atom is 0.277 e. The fourth-order valence-corrected chi connectivity index (χ4v) is 1.84. The molecule has 0 unspecified atom stereocenters. The molecule has 0 spiro atoms. The van der Waals surface area contributed by atoms with Crippen LogP contribution in [0.15, 0.2) is 10.6 Å². The van der Waals surface area contributed by atoms with E-state index in [9.17, 15) is 18.4 Å². The molecular formula is C11H16F2N4O3S. The molecule has 0 fully saturated rings. The van der Waals surface area contributed by atoms with E-state index in [1.54, 1.807) is 13.0 Å². The van der Waals surface area contributed by atoms with Crippen molar-refractivity contribution in [3.05, 3.63) is 11.8 Å². The number of aromatic nitrogens is 1. The van der Waals surface area contributed by atoms with E-state index in [1.807, 2.05) is 0 Å². The van der Waals surface area contributed by atoms with Gasteiger partial charge in [-0.3, -0.25) is 9.59 Å². The van der Waals surface area contributed by atoms with Crippen molar-refractivity contribution in [2.24, 2.45) is 5.73 Å². The first kappa shape index (κ1) is 17.4. The van der Waals surface area contributed by atoms with Crippen LogP contribution in [0.1, 0.15) is 5.76 Å². The molecule has 10 heteroatoms. The Morgan fingerprint density at radius 2 is 2.10 bits per heavy atom. The number of halogens is 2. The topological polar surface area (TPSA) is 110 Å². The van der Waals surface area contributed by atoms with Crippen molar-refractivity contribution in [2.45, 2.75) is 12.8 Å². The number of hydrogen-bond donors (Lipinski definition) is 3. The van der Waals surface area contributed by atoms with Gasteiger partial charge in [0.1, 0.15) is 5.76 Å². The Hall–Kier alpha value is -1.68. The van der Waals surface area contributed by atoms with E-state index in [0.29, 0.717) is 5.76 Å². The Morgan fingerprint density at radius 3 is 2.67 bits per heavy atom. The van der Waals surface area contributed by atoms with Gasteiger partial charge in [-0.1, -0.05) is 5.16 Å². The molecule has 1 aromatic rings. The number of hydrogen-bond acceptors (Lipinski definition) is 6. The first-order valence-electron chi connectivity index (χ1n) is 5.98. The maximum atomic E-state index is 12.8. The molecule has 0 aliphatic rings. The standard InChI is InChI=1S/C11H16F2N4O3S/c1-7-2-8(17-20-7)16-10(19)4-21-3-9(18)15-6-11(12,13)5-14/h2H,3-6,14H2,1H3,(H,15,18)(H,16,17,19). The van der Waals surface area contributed by atoms with Gasteiger partial charge in [0.05, 0.1) is 24.6 Å². The molecule has 118 valence electrons. The number of anilines is 1. The average Bonchev–Trinajstić information content (AvgIpc) is 2.82. The van der Waals surface area contributed by atoms with Crippen molar-refractivity contribution in [3.63, 3.8) is 0 Å². The van der Waals surface area contributed by atoms with Gasteiger partial charge in [0.15, 0.2) is 5.82 Å². The Balaban J connectivity index is 2.18. The molecule has 7 nitrogen and oxygen atoms in total. The summed E-state index contributed by atoms with van der Waals surface area (Å²) >= 11 is 0.995. The summed E-state index contributed by atoms with van der Waals surface area (Å²) in [5.74, 6) is -3.35. The third-order valence-electron chi connectivity index (χ3n) is 2.20. The molecule has 0 aliphatic heterocycles. The Bertz CT molecular complexity index is 496. The molecule has 0 saturated heterocycles. The zero-order valence-electron chi connectivity index (χ0n) is 11.3. The molecule has 0 saturated carbocycles. The highest BCUT2D eigenvalue weighted by atomic mass is 32.2. The van der Waals surface area contributed by atoms with Crippen LogP contribution in [0.3, 0.4) is 0 Å². The first-order chi connectivity index (χ1) is 9.82. The zero-order chi connectivity index (χ0) is 15.9. The van der Waals surface area contributed by atoms with Crippen LogP contribution in [0.4, 0.5) is 14.6 Å². The van der Waals surface area contributed by atoms with Crippen LogP contribution in [0.2, 0.25) is 0 Å². The number of rotatable bonds is 8. The van der Waals surface area contributed by atoms with Gasteiger partial charge in [0, 0.05) is 6.07 Å². The number of thioether (sulfide) groups is 1. The van der Waals surface area contributed by atoms with Crippen molar-refractivity contribution in [1.82, 2.24) is 10.5 Å². The van der Waals surface area contributed by atoms with Gasteiger partial charge in [-0.25, -0.2) is 8.78 Å². The predicted molar refractivity (Wildman–Crippen MR) is 74.2 cm³/mol. The largest absolute Gasteiger partial charge is 0.360 e. The van der Waals surface area contributed by atoms with Gasteiger partial charge in [-0.15, -0.1) is 11.8 Å². The first-order valence-corrected chi connectivity index (χ1v) is 7.13. The molecule has 0 aliphatic carbocycles. The highest BCUT2D eigenvalue weighted by Gasteiger charge is 2.27. The number of nitrogens with one attached hydrogen (secondary N) is 2. The van der Waals surface area contributed by atoms with Gasteiger partial charge in [0.25, 0.3) is 5.92 Å². The van der Waals surface area contributed by atoms with Crippen LogP contribution in [0.25, 0.3) is 0 Å². The second-order valence-electron chi connectivity index (χ2n) is 4.20. The summed E-state index contributed by atoms with van der Waals surface area (Å²) in [6, 6.07) is 1.55. The summed E-state index contributed by atoms with van der Waals surface area (Å²) in [6.07, 6.45) is 0. The maximum absolute atomic E-state index is 12.8. The lowest BCUT2D eigenvalue weighted by molar-refractivity contribution is -0.120. The van der Waals surface area contributed by atoms with E-state index >= 15 is 0 Å². The molecule has 1 heterocycles. The summed E-state index contributed by atoms with van der Waals surface area (Å²) in [4.78, 5) is 22.8. The van der Waals surface area contributed by atoms with Crippen molar-refractivity contribution in [2.75, 3.05) is 29.9 Å². The smallest absolute Gasteiger partial charge is 0.277 e. The van der Waals surface area contributed by atoms with Crippen LogP contribution < -0.4 is 16.4 Å². The minimum atomic E-state index is -3.12. The number of alkyl halides is 2. The lowest BCUT2D eigenvalue weighted by Crippen LogP contribution is -2.42. The number of carbonyl (C=O) groups excluding carboxylic acids is 2. The Labute approximate surface area is 124 Å². The minimum Gasteiger partial charge on any atom is -0.360 e. The van der Waals surface area contributed by atoms with Crippen LogP contribution in [-0.2, 0) is 9.59 Å². The molecule has 4 N–H and O–H groups in total. The van der Waals surface area contributed by atoms with E-state index in [2.05, 4.69) is 15.8 Å². The van der Waals surface area contributed by atoms with Crippen molar-refractivity contribution in [1.29, 1.82) is 0 Å². The highest BCUT2D eigenvalue weighted by molar-refractivity contribution is 8.00. The quantitative estimate of drug-likeness (QED) is 0.637. The highest BCUT2D eigenvalue weighted by Crippen LogP contribution is 2.10. The number of amides is 2. The molecular weight excluding hydrogens is 306 g/mol. The molecule has 0 bridgehead atoms. The Morgan fingerprint density at radius 1 is 1.43 bits per heavy atom. The fraction of sp³-hybridized carbons (Fsp3) is 0.545. The molecule has 1 rings (SSSR count).